The van der Waals surface area contributed by atoms with Crippen molar-refractivity contribution in [3.05, 3.63) is 42.0 Å². The zero-order chi connectivity index (χ0) is 21.7. The summed E-state index contributed by atoms with van der Waals surface area (Å²) in [7, 11) is 0. The highest BCUT2D eigenvalue weighted by molar-refractivity contribution is 5.27. The second-order valence-corrected chi connectivity index (χ2v) is 9.97. The summed E-state index contributed by atoms with van der Waals surface area (Å²) in [4.78, 5) is 0. The molecule has 1 aromatic carbocycles. The Balaban J connectivity index is 1.30. The molecule has 0 amide bonds. The minimum absolute atomic E-state index is 0.583. The van der Waals surface area contributed by atoms with Gasteiger partial charge in [-0.25, -0.2) is 0 Å². The van der Waals surface area contributed by atoms with E-state index in [-0.39, 0.29) is 0 Å². The van der Waals surface area contributed by atoms with Crippen LogP contribution in [0.15, 0.2) is 36.4 Å². The van der Waals surface area contributed by atoms with Crippen LogP contribution in [0.1, 0.15) is 96.5 Å². The van der Waals surface area contributed by atoms with Crippen LogP contribution >= 0.6 is 0 Å². The zero-order valence-corrected chi connectivity index (χ0v) is 20.1. The molecule has 2 aliphatic rings. The van der Waals surface area contributed by atoms with E-state index in [1.54, 1.807) is 0 Å². The lowest BCUT2D eigenvalue weighted by Crippen LogP contribution is -2.19. The molecule has 0 aromatic heterocycles. The fourth-order valence-corrected chi connectivity index (χ4v) is 5.16. The maximum absolute atomic E-state index is 6.10. The second-order valence-electron chi connectivity index (χ2n) is 9.97. The van der Waals surface area contributed by atoms with Gasteiger partial charge in [-0.3, -0.25) is 0 Å². The van der Waals surface area contributed by atoms with Crippen LogP contribution in [0.3, 0.4) is 0 Å². The maximum Gasteiger partial charge on any atom is 0.119 e. The first-order valence-electron chi connectivity index (χ1n) is 13.2. The van der Waals surface area contributed by atoms with Gasteiger partial charge in [0, 0.05) is 5.92 Å². The lowest BCUT2D eigenvalue weighted by atomic mass is 9.81. The van der Waals surface area contributed by atoms with E-state index >= 15 is 0 Å². The van der Waals surface area contributed by atoms with Crippen LogP contribution in [-0.2, 0) is 6.42 Å². The van der Waals surface area contributed by atoms with E-state index in [0.717, 1.165) is 24.2 Å². The predicted molar refractivity (Wildman–Crippen MR) is 133 cm³/mol. The highest BCUT2D eigenvalue weighted by Gasteiger charge is 2.20. The summed E-state index contributed by atoms with van der Waals surface area (Å²) < 4.78 is 6.10. The molecule has 31 heavy (non-hydrogen) atoms. The van der Waals surface area contributed by atoms with E-state index in [9.17, 15) is 0 Å². The molecular formula is C30H44O. The third-order valence-corrected chi connectivity index (χ3v) is 7.53. The molecule has 2 aliphatic carbocycles. The minimum atomic E-state index is 0.583. The van der Waals surface area contributed by atoms with E-state index in [1.807, 2.05) is 0 Å². The molecule has 0 radical (unpaired) electrons. The first kappa shape index (κ1) is 24.0. The summed E-state index contributed by atoms with van der Waals surface area (Å²) in [5.74, 6) is 10.9. The Morgan fingerprint density at radius 2 is 1.58 bits per heavy atom. The van der Waals surface area contributed by atoms with E-state index in [1.165, 1.54) is 89.0 Å². The minimum Gasteiger partial charge on any atom is -0.493 e. The Labute approximate surface area is 192 Å². The lowest BCUT2D eigenvalue weighted by Gasteiger charge is -2.25. The van der Waals surface area contributed by atoms with E-state index in [2.05, 4.69) is 62.1 Å². The van der Waals surface area contributed by atoms with Gasteiger partial charge in [0.1, 0.15) is 5.75 Å². The standard InChI is InChI=1S/C30H44O/c1-3-5-6-9-28-20-22-30(23-21-28)31-24-29-18-16-27(17-19-29)11-8-7-10-26-14-12-25(4-2)13-15-26/h7,10,20-23,25-27,29H,3-6,9,12-19,24H2,1-2H3/b10-7+. The third kappa shape index (κ3) is 8.76. The van der Waals surface area contributed by atoms with Crippen LogP contribution in [0, 0.1) is 35.5 Å². The molecule has 2 saturated carbocycles. The number of hydrogen-bond acceptors (Lipinski definition) is 1. The first-order chi connectivity index (χ1) is 15.3. The van der Waals surface area contributed by atoms with E-state index in [4.69, 9.17) is 4.74 Å². The summed E-state index contributed by atoms with van der Waals surface area (Å²) in [5.41, 5.74) is 1.43. The number of rotatable bonds is 9. The van der Waals surface area contributed by atoms with Gasteiger partial charge < -0.3 is 4.74 Å². The number of hydrogen-bond donors (Lipinski definition) is 0. The first-order valence-corrected chi connectivity index (χ1v) is 13.2. The Kier molecular flexibility index (Phi) is 10.6. The Morgan fingerprint density at radius 3 is 2.26 bits per heavy atom. The van der Waals surface area contributed by atoms with Gasteiger partial charge in [-0.15, -0.1) is 0 Å². The van der Waals surface area contributed by atoms with Gasteiger partial charge in [-0.1, -0.05) is 63.2 Å². The van der Waals surface area contributed by atoms with Gasteiger partial charge in [0.05, 0.1) is 6.61 Å². The third-order valence-electron chi connectivity index (χ3n) is 7.53. The topological polar surface area (TPSA) is 9.23 Å². The maximum atomic E-state index is 6.10. The molecule has 2 fully saturated rings. The summed E-state index contributed by atoms with van der Waals surface area (Å²) in [5, 5.41) is 0. The highest BCUT2D eigenvalue weighted by atomic mass is 16.5. The van der Waals surface area contributed by atoms with Crippen molar-refractivity contribution >= 4 is 0 Å². The van der Waals surface area contributed by atoms with Crippen molar-refractivity contribution in [2.45, 2.75) is 97.3 Å². The number of aryl methyl sites for hydroxylation is 1. The molecule has 1 heteroatoms. The van der Waals surface area contributed by atoms with Crippen LogP contribution in [0.25, 0.3) is 0 Å². The fraction of sp³-hybridized carbons (Fsp3) is 0.667. The Morgan fingerprint density at radius 1 is 0.871 bits per heavy atom. The van der Waals surface area contributed by atoms with Crippen LogP contribution in [0.2, 0.25) is 0 Å². The lowest BCUT2D eigenvalue weighted by molar-refractivity contribution is 0.196. The molecule has 0 saturated heterocycles. The van der Waals surface area contributed by atoms with Crippen molar-refractivity contribution in [2.24, 2.45) is 23.7 Å². The van der Waals surface area contributed by atoms with Gasteiger partial charge in [-0.05, 0) is 106 Å². The average molecular weight is 421 g/mol. The van der Waals surface area contributed by atoms with Crippen molar-refractivity contribution < 1.29 is 4.74 Å². The molecule has 0 aliphatic heterocycles. The average Bonchev–Trinajstić information content (AvgIpc) is 2.82. The Hall–Kier alpha value is -1.68. The SMILES string of the molecule is CCCCCc1ccc(OCC2CCC(C#C/C=C/C3CCC(CC)CC3)CC2)cc1. The predicted octanol–water partition coefficient (Wildman–Crippen LogP) is 8.38. The van der Waals surface area contributed by atoms with Crippen LogP contribution in [-0.4, -0.2) is 6.61 Å². The van der Waals surface area contributed by atoms with Crippen molar-refractivity contribution in [2.75, 3.05) is 6.61 Å². The molecule has 0 bridgehead atoms. The molecular weight excluding hydrogens is 376 g/mol. The molecule has 170 valence electrons. The van der Waals surface area contributed by atoms with Crippen molar-refractivity contribution in [1.82, 2.24) is 0 Å². The van der Waals surface area contributed by atoms with Crippen molar-refractivity contribution in [3.63, 3.8) is 0 Å². The molecule has 0 spiro atoms. The van der Waals surface area contributed by atoms with Crippen molar-refractivity contribution in [3.8, 4) is 17.6 Å². The van der Waals surface area contributed by atoms with Crippen LogP contribution in [0.5, 0.6) is 5.75 Å². The van der Waals surface area contributed by atoms with Gasteiger partial charge in [0.15, 0.2) is 0 Å². The van der Waals surface area contributed by atoms with Crippen molar-refractivity contribution in [1.29, 1.82) is 0 Å². The summed E-state index contributed by atoms with van der Waals surface area (Å²) in [6, 6.07) is 8.78. The highest BCUT2D eigenvalue weighted by Crippen LogP contribution is 2.31. The summed E-state index contributed by atoms with van der Waals surface area (Å²) in [6.45, 7) is 5.45. The van der Waals surface area contributed by atoms with E-state index < -0.39 is 0 Å². The molecule has 0 N–H and O–H groups in total. The molecule has 1 aromatic rings. The van der Waals surface area contributed by atoms with Gasteiger partial charge in [-0.2, -0.15) is 0 Å². The number of allylic oxidation sites excluding steroid dienone is 2. The van der Waals surface area contributed by atoms with Gasteiger partial charge in [0.2, 0.25) is 0 Å². The monoisotopic (exact) mass is 420 g/mol. The summed E-state index contributed by atoms with van der Waals surface area (Å²) >= 11 is 0. The fourth-order valence-electron chi connectivity index (χ4n) is 5.16. The van der Waals surface area contributed by atoms with Crippen LogP contribution in [0.4, 0.5) is 0 Å². The molecule has 3 rings (SSSR count). The smallest absolute Gasteiger partial charge is 0.119 e. The number of benzene rings is 1. The second kappa shape index (κ2) is 13.7. The van der Waals surface area contributed by atoms with Gasteiger partial charge >= 0.3 is 0 Å². The molecule has 0 unspecified atom stereocenters. The zero-order valence-electron chi connectivity index (χ0n) is 20.1. The molecule has 0 heterocycles. The molecule has 0 atom stereocenters. The van der Waals surface area contributed by atoms with E-state index in [0.29, 0.717) is 11.8 Å². The molecule has 1 nitrogen and oxygen atoms in total. The Bertz CT molecular complexity index is 688. The number of unbranched alkanes of at least 4 members (excludes halogenated alkanes) is 2. The normalized spacial score (nSPS) is 26.4. The largest absolute Gasteiger partial charge is 0.493 e. The number of ether oxygens (including phenoxy) is 1. The van der Waals surface area contributed by atoms with Gasteiger partial charge in [0.25, 0.3) is 0 Å². The quantitative estimate of drug-likeness (QED) is 0.288. The summed E-state index contributed by atoms with van der Waals surface area (Å²) in [6.07, 6.45) is 21.5. The van der Waals surface area contributed by atoms with Crippen LogP contribution < -0.4 is 4.74 Å².